The highest BCUT2D eigenvalue weighted by Gasteiger charge is 2.15. The smallest absolute Gasteiger partial charge is 0.336 e. The highest BCUT2D eigenvalue weighted by Crippen LogP contribution is 2.29. The summed E-state index contributed by atoms with van der Waals surface area (Å²) in [6, 6.07) is 7.44. The maximum absolute atomic E-state index is 11.2. The third-order valence-electron chi connectivity index (χ3n) is 4.30. The molecular weight excluding hydrogens is 238 g/mol. The van der Waals surface area contributed by atoms with Crippen LogP contribution >= 0.6 is 0 Å². The van der Waals surface area contributed by atoms with Gasteiger partial charge in [0.15, 0.2) is 0 Å². The second-order valence-electron chi connectivity index (χ2n) is 5.49. The molecule has 3 heteroatoms. The Balaban J connectivity index is 1.84. The maximum Gasteiger partial charge on any atom is 0.336 e. The van der Waals surface area contributed by atoms with Gasteiger partial charge in [-0.05, 0) is 30.5 Å². The second kappa shape index (κ2) is 5.08. The molecule has 1 aromatic carbocycles. The third kappa shape index (κ3) is 2.37. The van der Waals surface area contributed by atoms with E-state index in [4.69, 9.17) is 0 Å². The van der Waals surface area contributed by atoms with Crippen molar-refractivity contribution in [2.45, 2.75) is 38.6 Å². The molecule has 0 spiro atoms. The number of hydrogen-bond acceptors (Lipinski definition) is 1. The molecule has 1 heterocycles. The lowest BCUT2D eigenvalue weighted by molar-refractivity contribution is 0.0699. The first-order valence-corrected chi connectivity index (χ1v) is 7.07. The predicted molar refractivity (Wildman–Crippen MR) is 75.5 cm³/mol. The number of carbonyl (C=O) groups is 1. The van der Waals surface area contributed by atoms with E-state index in [0.29, 0.717) is 5.56 Å². The molecule has 100 valence electrons. The van der Waals surface area contributed by atoms with E-state index in [9.17, 15) is 9.90 Å². The summed E-state index contributed by atoms with van der Waals surface area (Å²) in [5.41, 5.74) is 1.44. The molecule has 1 saturated carbocycles. The molecule has 0 atom stereocenters. The minimum atomic E-state index is -0.848. The molecule has 0 amide bonds. The first-order valence-electron chi connectivity index (χ1n) is 7.07. The number of carboxylic acid groups (broad SMARTS) is 1. The molecule has 3 rings (SSSR count). The fourth-order valence-electron chi connectivity index (χ4n) is 3.23. The van der Waals surface area contributed by atoms with E-state index in [1.54, 1.807) is 6.07 Å². The number of aromatic carboxylic acids is 1. The van der Waals surface area contributed by atoms with Crippen LogP contribution in [0, 0.1) is 5.92 Å². The fraction of sp³-hybridized carbons (Fsp3) is 0.438. The van der Waals surface area contributed by atoms with Gasteiger partial charge in [-0.3, -0.25) is 0 Å². The van der Waals surface area contributed by atoms with Crippen molar-refractivity contribution in [3.05, 3.63) is 36.0 Å². The van der Waals surface area contributed by atoms with Crippen LogP contribution in [0.4, 0.5) is 0 Å². The molecule has 3 nitrogen and oxygen atoms in total. The number of nitrogens with zero attached hydrogens (tertiary/aromatic N) is 1. The molecule has 2 aromatic rings. The van der Waals surface area contributed by atoms with Gasteiger partial charge in [0.05, 0.1) is 5.56 Å². The zero-order valence-electron chi connectivity index (χ0n) is 11.0. The summed E-state index contributed by atoms with van der Waals surface area (Å²) in [5.74, 6) is 0.0132. The second-order valence-corrected chi connectivity index (χ2v) is 5.49. The van der Waals surface area contributed by atoms with Crippen LogP contribution in [-0.2, 0) is 6.54 Å². The van der Waals surface area contributed by atoms with Crippen LogP contribution in [0.2, 0.25) is 0 Å². The number of carboxylic acids is 1. The van der Waals surface area contributed by atoms with Gasteiger partial charge in [0.1, 0.15) is 0 Å². The van der Waals surface area contributed by atoms with Gasteiger partial charge < -0.3 is 9.67 Å². The first-order chi connectivity index (χ1) is 9.25. The average Bonchev–Trinajstić information content (AvgIpc) is 3.05. The molecule has 1 N–H and O–H groups in total. The number of fused-ring (bicyclic) bond motifs is 1. The monoisotopic (exact) mass is 257 g/mol. The summed E-state index contributed by atoms with van der Waals surface area (Å²) < 4.78 is 2.19. The minimum Gasteiger partial charge on any atom is -0.478 e. The Morgan fingerprint density at radius 3 is 2.79 bits per heavy atom. The van der Waals surface area contributed by atoms with E-state index in [2.05, 4.69) is 4.57 Å². The van der Waals surface area contributed by atoms with Gasteiger partial charge in [0.25, 0.3) is 0 Å². The van der Waals surface area contributed by atoms with E-state index < -0.39 is 5.97 Å². The molecule has 0 bridgehead atoms. The largest absolute Gasteiger partial charge is 0.478 e. The lowest BCUT2D eigenvalue weighted by Gasteiger charge is -2.10. The average molecular weight is 257 g/mol. The number of benzene rings is 1. The summed E-state index contributed by atoms with van der Waals surface area (Å²) in [6.07, 6.45) is 8.70. The van der Waals surface area contributed by atoms with E-state index in [1.807, 2.05) is 24.4 Å². The molecule has 19 heavy (non-hydrogen) atoms. The summed E-state index contributed by atoms with van der Waals surface area (Å²) in [5, 5.41) is 10.0. The van der Waals surface area contributed by atoms with Gasteiger partial charge in [0, 0.05) is 23.6 Å². The molecule has 0 saturated heterocycles. The van der Waals surface area contributed by atoms with Gasteiger partial charge in [-0.15, -0.1) is 0 Å². The van der Waals surface area contributed by atoms with Crippen LogP contribution in [-0.4, -0.2) is 15.6 Å². The molecule has 1 fully saturated rings. The molecule has 0 unspecified atom stereocenters. The topological polar surface area (TPSA) is 42.2 Å². The van der Waals surface area contributed by atoms with Gasteiger partial charge >= 0.3 is 5.97 Å². The maximum atomic E-state index is 11.2. The van der Waals surface area contributed by atoms with Crippen molar-refractivity contribution in [2.75, 3.05) is 0 Å². The lowest BCUT2D eigenvalue weighted by Crippen LogP contribution is -2.03. The summed E-state index contributed by atoms with van der Waals surface area (Å²) in [7, 11) is 0. The Morgan fingerprint density at radius 1 is 1.26 bits per heavy atom. The van der Waals surface area contributed by atoms with E-state index in [0.717, 1.165) is 23.4 Å². The van der Waals surface area contributed by atoms with E-state index >= 15 is 0 Å². The Hall–Kier alpha value is -1.77. The van der Waals surface area contributed by atoms with Crippen molar-refractivity contribution in [1.29, 1.82) is 0 Å². The lowest BCUT2D eigenvalue weighted by atomic mass is 10.0. The molecule has 0 aliphatic heterocycles. The van der Waals surface area contributed by atoms with Crippen molar-refractivity contribution in [3.8, 4) is 0 Å². The van der Waals surface area contributed by atoms with Gasteiger partial charge in [-0.2, -0.15) is 0 Å². The Labute approximate surface area is 112 Å². The van der Waals surface area contributed by atoms with Crippen LogP contribution in [0.5, 0.6) is 0 Å². The fourth-order valence-corrected chi connectivity index (χ4v) is 3.23. The number of aromatic nitrogens is 1. The number of aryl methyl sites for hydroxylation is 1. The summed E-state index contributed by atoms with van der Waals surface area (Å²) >= 11 is 0. The summed E-state index contributed by atoms with van der Waals surface area (Å²) in [6.45, 7) is 0.997. The van der Waals surface area contributed by atoms with Crippen molar-refractivity contribution in [2.24, 2.45) is 5.92 Å². The van der Waals surface area contributed by atoms with Crippen LogP contribution in [0.15, 0.2) is 30.5 Å². The number of rotatable bonds is 4. The zero-order chi connectivity index (χ0) is 13.2. The van der Waals surface area contributed by atoms with Gasteiger partial charge in [-0.1, -0.05) is 31.7 Å². The van der Waals surface area contributed by atoms with Crippen molar-refractivity contribution >= 4 is 16.9 Å². The van der Waals surface area contributed by atoms with Crippen LogP contribution in [0.1, 0.15) is 42.5 Å². The standard InChI is InChI=1S/C16H19NO2/c18-16(19)14-6-3-7-15-13(14)9-11-17(15)10-8-12-4-1-2-5-12/h3,6-7,9,11-12H,1-2,4-5,8,10H2,(H,18,19). The Morgan fingerprint density at radius 2 is 2.05 bits per heavy atom. The number of hydrogen-bond donors (Lipinski definition) is 1. The van der Waals surface area contributed by atoms with Crippen LogP contribution in [0.25, 0.3) is 10.9 Å². The quantitative estimate of drug-likeness (QED) is 0.902. The minimum absolute atomic E-state index is 0.400. The van der Waals surface area contributed by atoms with Crippen molar-refractivity contribution < 1.29 is 9.90 Å². The molecule has 1 aliphatic carbocycles. The van der Waals surface area contributed by atoms with Crippen molar-refractivity contribution in [3.63, 3.8) is 0 Å². The third-order valence-corrected chi connectivity index (χ3v) is 4.30. The van der Waals surface area contributed by atoms with Crippen LogP contribution < -0.4 is 0 Å². The van der Waals surface area contributed by atoms with Gasteiger partial charge in [-0.25, -0.2) is 4.79 Å². The predicted octanol–water partition coefficient (Wildman–Crippen LogP) is 3.92. The van der Waals surface area contributed by atoms with Crippen LogP contribution in [0.3, 0.4) is 0 Å². The Kier molecular flexibility index (Phi) is 3.28. The normalized spacial score (nSPS) is 16.2. The molecular formula is C16H19NO2. The summed E-state index contributed by atoms with van der Waals surface area (Å²) in [4.78, 5) is 11.2. The SMILES string of the molecule is O=C(O)c1cccc2c1ccn2CCC1CCCC1. The highest BCUT2D eigenvalue weighted by atomic mass is 16.4. The van der Waals surface area contributed by atoms with Crippen molar-refractivity contribution in [1.82, 2.24) is 4.57 Å². The molecule has 1 aromatic heterocycles. The van der Waals surface area contributed by atoms with Gasteiger partial charge in [0.2, 0.25) is 0 Å². The van der Waals surface area contributed by atoms with E-state index in [1.165, 1.54) is 32.1 Å². The zero-order valence-corrected chi connectivity index (χ0v) is 11.0. The van der Waals surface area contributed by atoms with E-state index in [-0.39, 0.29) is 0 Å². The first kappa shape index (κ1) is 12.3. The highest BCUT2D eigenvalue weighted by molar-refractivity contribution is 6.02. The Bertz CT molecular complexity index is 594. The molecule has 0 radical (unpaired) electrons. The molecule has 1 aliphatic rings.